The zero-order chi connectivity index (χ0) is 16.2. The molecule has 23 heavy (non-hydrogen) atoms. The highest BCUT2D eigenvalue weighted by molar-refractivity contribution is 5.81. The molecule has 1 aromatic carbocycles. The fourth-order valence-corrected chi connectivity index (χ4v) is 3.08. The van der Waals surface area contributed by atoms with Gasteiger partial charge in [0.05, 0.1) is 0 Å². The average Bonchev–Trinajstić information content (AvgIpc) is 3.22. The van der Waals surface area contributed by atoms with Crippen molar-refractivity contribution in [1.29, 1.82) is 0 Å². The summed E-state index contributed by atoms with van der Waals surface area (Å²) in [6.07, 6.45) is 1.55. The Hall–Kier alpha value is -2.28. The highest BCUT2D eigenvalue weighted by Gasteiger charge is 2.32. The van der Waals surface area contributed by atoms with Crippen LogP contribution in [0.3, 0.4) is 0 Å². The van der Waals surface area contributed by atoms with E-state index in [1.807, 2.05) is 42.2 Å². The van der Waals surface area contributed by atoms with Crippen LogP contribution in [-0.4, -0.2) is 50.6 Å². The molecule has 3 rings (SSSR count). The van der Waals surface area contributed by atoms with E-state index in [0.29, 0.717) is 24.7 Å². The Labute approximate surface area is 135 Å². The van der Waals surface area contributed by atoms with E-state index in [9.17, 15) is 4.79 Å². The molecule has 2 atom stereocenters. The van der Waals surface area contributed by atoms with Gasteiger partial charge in [-0.25, -0.2) is 4.68 Å². The first-order valence-electron chi connectivity index (χ1n) is 7.96. The Balaban J connectivity index is 1.83. The summed E-state index contributed by atoms with van der Waals surface area (Å²) >= 11 is 0. The lowest BCUT2D eigenvalue weighted by molar-refractivity contribution is -0.134. The number of hydrogen-bond acceptors (Lipinski definition) is 5. The maximum absolute atomic E-state index is 13.0. The van der Waals surface area contributed by atoms with Crippen molar-refractivity contribution in [1.82, 2.24) is 25.1 Å². The summed E-state index contributed by atoms with van der Waals surface area (Å²) in [6.45, 7) is 3.92. The van der Waals surface area contributed by atoms with Crippen molar-refractivity contribution in [3.63, 3.8) is 0 Å². The highest BCUT2D eigenvalue weighted by Crippen LogP contribution is 2.22. The van der Waals surface area contributed by atoms with Crippen LogP contribution < -0.4 is 5.73 Å². The average molecular weight is 314 g/mol. The van der Waals surface area contributed by atoms with Gasteiger partial charge in [-0.2, -0.15) is 0 Å². The Morgan fingerprint density at radius 1 is 1.39 bits per heavy atom. The third kappa shape index (κ3) is 3.39. The summed E-state index contributed by atoms with van der Waals surface area (Å²) in [4.78, 5) is 14.9. The number of rotatable bonds is 5. The molecule has 0 radical (unpaired) electrons. The molecule has 0 aliphatic carbocycles. The number of amides is 1. The molecule has 1 saturated heterocycles. The standard InChI is InChI=1S/C16H22N6O/c1-12-18-19-20-22(12)15(9-13-5-3-2-4-6-13)16(23)21-8-7-14(10-17)11-21/h2-6,14-15H,7-11,17H2,1H3. The number of nitrogens with two attached hydrogens (primary N) is 1. The molecule has 1 aromatic heterocycles. The van der Waals surface area contributed by atoms with E-state index in [0.717, 1.165) is 25.1 Å². The minimum Gasteiger partial charge on any atom is -0.340 e. The number of aryl methyl sites for hydroxylation is 1. The maximum atomic E-state index is 13.0. The molecule has 7 heteroatoms. The monoisotopic (exact) mass is 314 g/mol. The second-order valence-corrected chi connectivity index (χ2v) is 6.05. The van der Waals surface area contributed by atoms with Crippen LogP contribution in [0.1, 0.15) is 23.9 Å². The second-order valence-electron chi connectivity index (χ2n) is 6.05. The van der Waals surface area contributed by atoms with Gasteiger partial charge in [-0.15, -0.1) is 5.10 Å². The summed E-state index contributed by atoms with van der Waals surface area (Å²) in [7, 11) is 0. The van der Waals surface area contributed by atoms with E-state index in [-0.39, 0.29) is 5.91 Å². The van der Waals surface area contributed by atoms with Gasteiger partial charge in [-0.05, 0) is 41.8 Å². The van der Waals surface area contributed by atoms with E-state index >= 15 is 0 Å². The van der Waals surface area contributed by atoms with Crippen molar-refractivity contribution in [2.24, 2.45) is 11.7 Å². The molecule has 0 saturated carbocycles. The summed E-state index contributed by atoms with van der Waals surface area (Å²) < 4.78 is 1.63. The van der Waals surface area contributed by atoms with Crippen molar-refractivity contribution in [2.75, 3.05) is 19.6 Å². The largest absolute Gasteiger partial charge is 0.340 e. The van der Waals surface area contributed by atoms with Crippen LogP contribution in [0.5, 0.6) is 0 Å². The fourth-order valence-electron chi connectivity index (χ4n) is 3.08. The number of likely N-dealkylation sites (tertiary alicyclic amines) is 1. The van der Waals surface area contributed by atoms with Gasteiger partial charge in [0, 0.05) is 19.5 Å². The lowest BCUT2D eigenvalue weighted by Crippen LogP contribution is -2.38. The number of nitrogens with zero attached hydrogens (tertiary/aromatic N) is 5. The van der Waals surface area contributed by atoms with Crippen molar-refractivity contribution in [3.8, 4) is 0 Å². The first kappa shape index (κ1) is 15.6. The predicted octanol–water partition coefficient (Wildman–Crippen LogP) is 0.573. The first-order chi connectivity index (χ1) is 11.2. The number of carbonyl (C=O) groups is 1. The Kier molecular flexibility index (Phi) is 4.66. The van der Waals surface area contributed by atoms with Crippen molar-refractivity contribution >= 4 is 5.91 Å². The lowest BCUT2D eigenvalue weighted by atomic mass is 10.0. The molecule has 2 unspecified atom stereocenters. The first-order valence-corrected chi connectivity index (χ1v) is 7.96. The van der Waals surface area contributed by atoms with Crippen LogP contribution in [0, 0.1) is 12.8 Å². The highest BCUT2D eigenvalue weighted by atomic mass is 16.2. The van der Waals surface area contributed by atoms with Crippen molar-refractivity contribution in [3.05, 3.63) is 41.7 Å². The Morgan fingerprint density at radius 2 is 2.17 bits per heavy atom. The van der Waals surface area contributed by atoms with Gasteiger partial charge in [0.25, 0.3) is 0 Å². The van der Waals surface area contributed by atoms with Crippen LogP contribution in [0.4, 0.5) is 0 Å². The number of hydrogen-bond donors (Lipinski definition) is 1. The van der Waals surface area contributed by atoms with Gasteiger partial charge in [-0.3, -0.25) is 4.79 Å². The van der Waals surface area contributed by atoms with Crippen LogP contribution >= 0.6 is 0 Å². The van der Waals surface area contributed by atoms with Crippen molar-refractivity contribution in [2.45, 2.75) is 25.8 Å². The number of aromatic nitrogens is 4. The summed E-state index contributed by atoms with van der Waals surface area (Å²) in [6, 6.07) is 9.55. The molecule has 2 N–H and O–H groups in total. The third-order valence-electron chi connectivity index (χ3n) is 4.44. The second kappa shape index (κ2) is 6.87. The van der Waals surface area contributed by atoms with Crippen LogP contribution in [-0.2, 0) is 11.2 Å². The summed E-state index contributed by atoms with van der Waals surface area (Å²) in [5, 5.41) is 11.7. The predicted molar refractivity (Wildman–Crippen MR) is 85.5 cm³/mol. The number of carbonyl (C=O) groups excluding carboxylic acids is 1. The van der Waals surface area contributed by atoms with E-state index in [4.69, 9.17) is 5.73 Å². The molecule has 1 aliphatic heterocycles. The summed E-state index contributed by atoms with van der Waals surface area (Å²) in [5.41, 5.74) is 6.83. The van der Waals surface area contributed by atoms with Crippen LogP contribution in [0.2, 0.25) is 0 Å². The van der Waals surface area contributed by atoms with Crippen LogP contribution in [0.25, 0.3) is 0 Å². The zero-order valence-electron chi connectivity index (χ0n) is 13.3. The lowest BCUT2D eigenvalue weighted by Gasteiger charge is -2.24. The minimum atomic E-state index is -0.413. The fraction of sp³-hybridized carbons (Fsp3) is 0.500. The molecule has 1 fully saturated rings. The van der Waals surface area contributed by atoms with Gasteiger partial charge in [-0.1, -0.05) is 30.3 Å². The molecule has 1 aliphatic rings. The molecule has 122 valence electrons. The van der Waals surface area contributed by atoms with E-state index < -0.39 is 6.04 Å². The van der Waals surface area contributed by atoms with Crippen molar-refractivity contribution < 1.29 is 4.79 Å². The van der Waals surface area contributed by atoms with E-state index in [2.05, 4.69) is 15.5 Å². The smallest absolute Gasteiger partial charge is 0.247 e. The van der Waals surface area contributed by atoms with Gasteiger partial charge in [0.2, 0.25) is 5.91 Å². The zero-order valence-corrected chi connectivity index (χ0v) is 13.3. The van der Waals surface area contributed by atoms with Gasteiger partial charge >= 0.3 is 0 Å². The van der Waals surface area contributed by atoms with E-state index in [1.165, 1.54) is 0 Å². The van der Waals surface area contributed by atoms with Gasteiger partial charge in [0.1, 0.15) is 11.9 Å². The number of tetrazole rings is 1. The van der Waals surface area contributed by atoms with Crippen LogP contribution in [0.15, 0.2) is 30.3 Å². The molecule has 0 bridgehead atoms. The SMILES string of the molecule is Cc1nnnn1C(Cc1ccccc1)C(=O)N1CCC(CN)C1. The molecule has 2 aromatic rings. The number of benzene rings is 1. The Morgan fingerprint density at radius 3 is 2.78 bits per heavy atom. The molecule has 0 spiro atoms. The minimum absolute atomic E-state index is 0.0696. The molecule has 7 nitrogen and oxygen atoms in total. The molecular formula is C16H22N6O. The molecular weight excluding hydrogens is 292 g/mol. The van der Waals surface area contributed by atoms with E-state index in [1.54, 1.807) is 4.68 Å². The molecule has 1 amide bonds. The topological polar surface area (TPSA) is 89.9 Å². The third-order valence-corrected chi connectivity index (χ3v) is 4.44. The summed E-state index contributed by atoms with van der Waals surface area (Å²) in [5.74, 6) is 1.11. The quantitative estimate of drug-likeness (QED) is 0.871. The maximum Gasteiger partial charge on any atom is 0.247 e. The molecule has 2 heterocycles. The normalized spacial score (nSPS) is 19.0. The van der Waals surface area contributed by atoms with Gasteiger partial charge in [0.15, 0.2) is 0 Å². The van der Waals surface area contributed by atoms with Gasteiger partial charge < -0.3 is 10.6 Å². The Bertz CT molecular complexity index is 656.